The third-order valence-electron chi connectivity index (χ3n) is 1.32. The van der Waals surface area contributed by atoms with Crippen LogP contribution >= 0.6 is 0 Å². The van der Waals surface area contributed by atoms with Gasteiger partial charge in [0, 0.05) is 13.5 Å². The molecule has 2 nitrogen and oxygen atoms in total. The SMILES string of the molecule is CCCCCC(N)=NC. The summed E-state index contributed by atoms with van der Waals surface area (Å²) in [5, 5.41) is 0. The summed E-state index contributed by atoms with van der Waals surface area (Å²) in [6.07, 6.45) is 4.65. The van der Waals surface area contributed by atoms with Gasteiger partial charge >= 0.3 is 0 Å². The van der Waals surface area contributed by atoms with Gasteiger partial charge in [0.25, 0.3) is 0 Å². The summed E-state index contributed by atoms with van der Waals surface area (Å²) in [6, 6.07) is 0. The third-order valence-corrected chi connectivity index (χ3v) is 1.32. The lowest BCUT2D eigenvalue weighted by atomic mass is 10.2. The van der Waals surface area contributed by atoms with Crippen LogP contribution in [0.1, 0.15) is 32.6 Å². The van der Waals surface area contributed by atoms with Gasteiger partial charge < -0.3 is 5.73 Å². The van der Waals surface area contributed by atoms with Crippen molar-refractivity contribution < 1.29 is 0 Å². The van der Waals surface area contributed by atoms with E-state index in [1.54, 1.807) is 7.05 Å². The van der Waals surface area contributed by atoms with Crippen LogP contribution in [0.5, 0.6) is 0 Å². The Hall–Kier alpha value is -0.530. The molecule has 0 heterocycles. The highest BCUT2D eigenvalue weighted by atomic mass is 14.8. The van der Waals surface area contributed by atoms with Gasteiger partial charge in [-0.15, -0.1) is 0 Å². The molecule has 0 fully saturated rings. The maximum absolute atomic E-state index is 5.46. The molecule has 0 atom stereocenters. The number of hydrogen-bond donors (Lipinski definition) is 1. The summed E-state index contributed by atoms with van der Waals surface area (Å²) in [6.45, 7) is 2.18. The van der Waals surface area contributed by atoms with Gasteiger partial charge in [0.2, 0.25) is 0 Å². The van der Waals surface area contributed by atoms with E-state index in [0.717, 1.165) is 12.3 Å². The summed E-state index contributed by atoms with van der Waals surface area (Å²) in [5.41, 5.74) is 5.46. The smallest absolute Gasteiger partial charge is 0.0933 e. The van der Waals surface area contributed by atoms with Crippen molar-refractivity contribution in [2.45, 2.75) is 32.6 Å². The van der Waals surface area contributed by atoms with Crippen molar-refractivity contribution in [3.63, 3.8) is 0 Å². The fourth-order valence-corrected chi connectivity index (χ4v) is 0.668. The lowest BCUT2D eigenvalue weighted by molar-refractivity contribution is 0.739. The van der Waals surface area contributed by atoms with E-state index in [1.807, 2.05) is 0 Å². The van der Waals surface area contributed by atoms with E-state index >= 15 is 0 Å². The molecular formula is C7H16N2. The summed E-state index contributed by atoms with van der Waals surface area (Å²) in [5.74, 6) is 0.781. The minimum Gasteiger partial charge on any atom is -0.387 e. The first-order valence-corrected chi connectivity index (χ1v) is 3.52. The second-order valence-electron chi connectivity index (χ2n) is 2.17. The average Bonchev–Trinajstić information content (AvgIpc) is 1.89. The van der Waals surface area contributed by atoms with Crippen molar-refractivity contribution >= 4 is 5.84 Å². The van der Waals surface area contributed by atoms with Gasteiger partial charge in [0.15, 0.2) is 0 Å². The highest BCUT2D eigenvalue weighted by Crippen LogP contribution is 1.97. The van der Waals surface area contributed by atoms with Crippen LogP contribution in [0.4, 0.5) is 0 Å². The van der Waals surface area contributed by atoms with Crippen LogP contribution in [0.2, 0.25) is 0 Å². The molecule has 0 saturated heterocycles. The van der Waals surface area contributed by atoms with Crippen LogP contribution < -0.4 is 5.73 Å². The van der Waals surface area contributed by atoms with E-state index < -0.39 is 0 Å². The molecule has 0 aromatic rings. The lowest BCUT2D eigenvalue weighted by Gasteiger charge is -1.95. The Morgan fingerprint density at radius 2 is 2.11 bits per heavy atom. The summed E-state index contributed by atoms with van der Waals surface area (Å²) in [4.78, 5) is 3.85. The molecule has 0 aliphatic carbocycles. The Morgan fingerprint density at radius 1 is 1.44 bits per heavy atom. The minimum absolute atomic E-state index is 0.781. The number of aliphatic imine (C=N–C) groups is 1. The van der Waals surface area contributed by atoms with Crippen molar-refractivity contribution in [1.82, 2.24) is 0 Å². The van der Waals surface area contributed by atoms with Gasteiger partial charge in [-0.05, 0) is 6.42 Å². The molecule has 0 aromatic heterocycles. The van der Waals surface area contributed by atoms with Gasteiger partial charge in [-0.1, -0.05) is 19.8 Å². The lowest BCUT2D eigenvalue weighted by Crippen LogP contribution is -2.10. The number of amidine groups is 1. The molecule has 0 unspecified atom stereocenters. The molecule has 0 bridgehead atoms. The number of hydrogen-bond acceptors (Lipinski definition) is 1. The van der Waals surface area contributed by atoms with Crippen molar-refractivity contribution in [1.29, 1.82) is 0 Å². The van der Waals surface area contributed by atoms with Crippen molar-refractivity contribution in [3.8, 4) is 0 Å². The normalized spacial score (nSPS) is 12.0. The fourth-order valence-electron chi connectivity index (χ4n) is 0.668. The van der Waals surface area contributed by atoms with Crippen LogP contribution in [0.15, 0.2) is 4.99 Å². The second kappa shape index (κ2) is 5.60. The quantitative estimate of drug-likeness (QED) is 0.348. The molecule has 0 aliphatic rings. The molecule has 2 N–H and O–H groups in total. The van der Waals surface area contributed by atoms with Gasteiger partial charge in [0.05, 0.1) is 5.84 Å². The molecular weight excluding hydrogens is 112 g/mol. The van der Waals surface area contributed by atoms with Gasteiger partial charge in [-0.25, -0.2) is 0 Å². The maximum Gasteiger partial charge on any atom is 0.0933 e. The minimum atomic E-state index is 0.781. The van der Waals surface area contributed by atoms with E-state index in [0.29, 0.717) is 0 Å². The third kappa shape index (κ3) is 5.34. The van der Waals surface area contributed by atoms with Crippen molar-refractivity contribution in [2.24, 2.45) is 10.7 Å². The first kappa shape index (κ1) is 8.47. The molecule has 0 rings (SSSR count). The standard InChI is InChI=1S/C7H16N2/c1-3-4-5-6-7(8)9-2/h3-6H2,1-2H3,(H2,8,9). The monoisotopic (exact) mass is 128 g/mol. The van der Waals surface area contributed by atoms with Gasteiger partial charge in [-0.2, -0.15) is 0 Å². The zero-order chi connectivity index (χ0) is 7.11. The first-order chi connectivity index (χ1) is 4.31. The van der Waals surface area contributed by atoms with Gasteiger partial charge in [-0.3, -0.25) is 4.99 Å². The predicted molar refractivity (Wildman–Crippen MR) is 41.7 cm³/mol. The Kier molecular flexibility index (Phi) is 5.27. The Bertz CT molecular complexity index is 86.9. The number of nitrogens with zero attached hydrogens (tertiary/aromatic N) is 1. The molecule has 54 valence electrons. The van der Waals surface area contributed by atoms with E-state index in [4.69, 9.17) is 5.73 Å². The van der Waals surface area contributed by atoms with E-state index in [-0.39, 0.29) is 0 Å². The highest BCUT2D eigenvalue weighted by Gasteiger charge is 1.88. The highest BCUT2D eigenvalue weighted by molar-refractivity contribution is 5.79. The number of unbranched alkanes of at least 4 members (excludes halogenated alkanes) is 2. The summed E-state index contributed by atoms with van der Waals surface area (Å²) < 4.78 is 0. The molecule has 0 aromatic carbocycles. The molecule has 0 spiro atoms. The topological polar surface area (TPSA) is 38.4 Å². The molecule has 0 radical (unpaired) electrons. The Morgan fingerprint density at radius 3 is 2.56 bits per heavy atom. The zero-order valence-corrected chi connectivity index (χ0v) is 6.35. The summed E-state index contributed by atoms with van der Waals surface area (Å²) in [7, 11) is 1.74. The average molecular weight is 128 g/mol. The maximum atomic E-state index is 5.46. The second-order valence-corrected chi connectivity index (χ2v) is 2.17. The van der Waals surface area contributed by atoms with Crippen LogP contribution in [0, 0.1) is 0 Å². The fraction of sp³-hybridized carbons (Fsp3) is 0.857. The number of rotatable bonds is 4. The van der Waals surface area contributed by atoms with Crippen molar-refractivity contribution in [3.05, 3.63) is 0 Å². The first-order valence-electron chi connectivity index (χ1n) is 3.52. The van der Waals surface area contributed by atoms with Crippen LogP contribution in [0.3, 0.4) is 0 Å². The molecule has 2 heteroatoms. The molecule has 0 saturated carbocycles. The summed E-state index contributed by atoms with van der Waals surface area (Å²) >= 11 is 0. The molecule has 0 aliphatic heterocycles. The number of nitrogens with two attached hydrogens (primary N) is 1. The van der Waals surface area contributed by atoms with Crippen molar-refractivity contribution in [2.75, 3.05) is 7.05 Å². The van der Waals surface area contributed by atoms with Crippen LogP contribution in [0.25, 0.3) is 0 Å². The van der Waals surface area contributed by atoms with E-state index in [1.165, 1.54) is 19.3 Å². The largest absolute Gasteiger partial charge is 0.387 e. The van der Waals surface area contributed by atoms with Crippen LogP contribution in [-0.4, -0.2) is 12.9 Å². The van der Waals surface area contributed by atoms with E-state index in [9.17, 15) is 0 Å². The van der Waals surface area contributed by atoms with Gasteiger partial charge in [0.1, 0.15) is 0 Å². The predicted octanol–water partition coefficient (Wildman–Crippen LogP) is 1.55. The zero-order valence-electron chi connectivity index (χ0n) is 6.35. The van der Waals surface area contributed by atoms with Crippen LogP contribution in [-0.2, 0) is 0 Å². The Balaban J connectivity index is 3.07. The Labute approximate surface area is 57.2 Å². The van der Waals surface area contributed by atoms with E-state index in [2.05, 4.69) is 11.9 Å². The molecule has 0 amide bonds. The molecule has 9 heavy (non-hydrogen) atoms.